The van der Waals surface area contributed by atoms with Crippen LogP contribution in [-0.2, 0) is 20.0 Å². The number of hydrogen-bond acceptors (Lipinski definition) is 3. The van der Waals surface area contributed by atoms with Crippen LogP contribution in [0, 0.1) is 5.82 Å². The lowest BCUT2D eigenvalue weighted by Gasteiger charge is -2.10. The fourth-order valence-corrected chi connectivity index (χ4v) is 2.71. The van der Waals surface area contributed by atoms with Gasteiger partial charge in [-0.1, -0.05) is 6.92 Å². The summed E-state index contributed by atoms with van der Waals surface area (Å²) < 4.78 is 21.6. The van der Waals surface area contributed by atoms with Gasteiger partial charge in [-0.15, -0.1) is 0 Å². The first-order valence-corrected chi connectivity index (χ1v) is 7.13. The zero-order valence-electron chi connectivity index (χ0n) is 11.7. The van der Waals surface area contributed by atoms with E-state index in [1.54, 1.807) is 23.9 Å². The largest absolute Gasteiger partial charge is 0.497 e. The van der Waals surface area contributed by atoms with Crippen LogP contribution in [0.1, 0.15) is 18.3 Å². The van der Waals surface area contributed by atoms with Gasteiger partial charge < -0.3 is 10.1 Å². The highest BCUT2D eigenvalue weighted by molar-refractivity contribution is 9.10. The number of ether oxygens (including phenoxy) is 1. The average molecular weight is 342 g/mol. The molecule has 0 aliphatic heterocycles. The summed E-state index contributed by atoms with van der Waals surface area (Å²) >= 11 is 3.54. The molecule has 0 bridgehead atoms. The molecular weight excluding hydrogens is 325 g/mol. The van der Waals surface area contributed by atoms with Gasteiger partial charge in [-0.3, -0.25) is 4.68 Å². The van der Waals surface area contributed by atoms with Crippen molar-refractivity contribution in [2.75, 3.05) is 12.4 Å². The number of halogens is 2. The molecule has 0 aliphatic rings. The third-order valence-electron chi connectivity index (χ3n) is 3.12. The van der Waals surface area contributed by atoms with Gasteiger partial charge in [0, 0.05) is 13.1 Å². The molecule has 6 heteroatoms. The number of aryl methyl sites for hydroxylation is 2. The zero-order chi connectivity index (χ0) is 14.7. The Morgan fingerprint density at radius 3 is 2.80 bits per heavy atom. The van der Waals surface area contributed by atoms with E-state index in [4.69, 9.17) is 4.74 Å². The molecule has 1 N–H and O–H groups in total. The molecule has 0 fully saturated rings. The molecule has 0 spiro atoms. The Morgan fingerprint density at radius 2 is 2.20 bits per heavy atom. The lowest BCUT2D eigenvalue weighted by atomic mass is 10.2. The summed E-state index contributed by atoms with van der Waals surface area (Å²) in [6.07, 6.45) is 0.849. The number of rotatable bonds is 5. The maximum atomic E-state index is 13.7. The van der Waals surface area contributed by atoms with Gasteiger partial charge in [0.05, 0.1) is 35.2 Å². The van der Waals surface area contributed by atoms with E-state index in [1.165, 1.54) is 6.07 Å². The van der Waals surface area contributed by atoms with E-state index in [2.05, 4.69) is 26.3 Å². The van der Waals surface area contributed by atoms with E-state index < -0.39 is 0 Å². The highest BCUT2D eigenvalue weighted by Crippen LogP contribution is 2.25. The van der Waals surface area contributed by atoms with Gasteiger partial charge in [0.1, 0.15) is 11.6 Å². The molecule has 108 valence electrons. The van der Waals surface area contributed by atoms with Gasteiger partial charge in [-0.05, 0) is 34.5 Å². The lowest BCUT2D eigenvalue weighted by molar-refractivity contribution is 0.414. The number of anilines is 1. The van der Waals surface area contributed by atoms with Crippen LogP contribution in [-0.4, -0.2) is 16.9 Å². The van der Waals surface area contributed by atoms with Gasteiger partial charge >= 0.3 is 0 Å². The van der Waals surface area contributed by atoms with Crippen molar-refractivity contribution < 1.29 is 9.13 Å². The molecule has 0 unspecified atom stereocenters. The number of nitrogens with one attached hydrogen (secondary N) is 1. The molecule has 1 aromatic carbocycles. The molecule has 2 aromatic rings. The summed E-state index contributed by atoms with van der Waals surface area (Å²) in [6.45, 7) is 2.53. The summed E-state index contributed by atoms with van der Waals surface area (Å²) in [5.41, 5.74) is 2.38. The second kappa shape index (κ2) is 6.26. The third kappa shape index (κ3) is 2.95. The van der Waals surface area contributed by atoms with Crippen LogP contribution in [0.4, 0.5) is 10.1 Å². The van der Waals surface area contributed by atoms with E-state index in [0.717, 1.165) is 22.3 Å². The quantitative estimate of drug-likeness (QED) is 0.904. The molecule has 2 rings (SSSR count). The highest BCUT2D eigenvalue weighted by atomic mass is 79.9. The van der Waals surface area contributed by atoms with Crippen molar-refractivity contribution >= 4 is 21.6 Å². The Bertz CT molecular complexity index is 613. The third-order valence-corrected chi connectivity index (χ3v) is 4.04. The van der Waals surface area contributed by atoms with E-state index in [-0.39, 0.29) is 5.82 Å². The van der Waals surface area contributed by atoms with Crippen LogP contribution in [0.25, 0.3) is 0 Å². The lowest BCUT2D eigenvalue weighted by Crippen LogP contribution is -2.07. The van der Waals surface area contributed by atoms with Gasteiger partial charge in [0.2, 0.25) is 0 Å². The number of nitrogens with zero attached hydrogens (tertiary/aromatic N) is 2. The normalized spacial score (nSPS) is 10.7. The maximum Gasteiger partial charge on any atom is 0.146 e. The molecule has 0 saturated carbocycles. The molecule has 4 nitrogen and oxygen atoms in total. The number of aromatic nitrogens is 2. The van der Waals surface area contributed by atoms with Crippen molar-refractivity contribution in [3.8, 4) is 5.75 Å². The van der Waals surface area contributed by atoms with Crippen LogP contribution in [0.15, 0.2) is 22.7 Å². The fourth-order valence-electron chi connectivity index (χ4n) is 1.96. The molecular formula is C14H17BrFN3O. The Labute approximate surface area is 126 Å². The summed E-state index contributed by atoms with van der Waals surface area (Å²) in [5, 5.41) is 7.49. The molecule has 0 aliphatic carbocycles. The van der Waals surface area contributed by atoms with Gasteiger partial charge in [0.15, 0.2) is 0 Å². The first kappa shape index (κ1) is 14.8. The summed E-state index contributed by atoms with van der Waals surface area (Å²) in [5.74, 6) is 0.312. The molecule has 20 heavy (non-hydrogen) atoms. The predicted octanol–water partition coefficient (Wildman–Crippen LogP) is 3.50. The Balaban J connectivity index is 2.18. The predicted molar refractivity (Wildman–Crippen MR) is 80.6 cm³/mol. The standard InChI is InChI=1S/C14H17BrFN3O/c1-4-11-14(15)13(19(2)18-11)8-17-12-7-9(20-3)5-6-10(12)16/h5-7,17H,4,8H2,1-3H3. The van der Waals surface area contributed by atoms with Gasteiger partial charge in [-0.25, -0.2) is 4.39 Å². The minimum atomic E-state index is -0.306. The summed E-state index contributed by atoms with van der Waals surface area (Å²) in [4.78, 5) is 0. The van der Waals surface area contributed by atoms with Crippen molar-refractivity contribution in [2.45, 2.75) is 19.9 Å². The van der Waals surface area contributed by atoms with Crippen molar-refractivity contribution in [1.29, 1.82) is 0 Å². The van der Waals surface area contributed by atoms with Crippen LogP contribution in [0.3, 0.4) is 0 Å². The number of hydrogen-bond donors (Lipinski definition) is 1. The van der Waals surface area contributed by atoms with Crippen molar-refractivity contribution in [3.63, 3.8) is 0 Å². The molecule has 0 saturated heterocycles. The Morgan fingerprint density at radius 1 is 1.45 bits per heavy atom. The van der Waals surface area contributed by atoms with Gasteiger partial charge in [0.25, 0.3) is 0 Å². The SMILES string of the molecule is CCc1nn(C)c(CNc2cc(OC)ccc2F)c1Br. The summed E-state index contributed by atoms with van der Waals surface area (Å²) in [6, 6.07) is 4.62. The van der Waals surface area contributed by atoms with Crippen molar-refractivity contribution in [2.24, 2.45) is 7.05 Å². The van der Waals surface area contributed by atoms with Crippen LogP contribution >= 0.6 is 15.9 Å². The molecule has 0 amide bonds. The Hall–Kier alpha value is -1.56. The molecule has 0 radical (unpaired) electrons. The topological polar surface area (TPSA) is 39.1 Å². The van der Waals surface area contributed by atoms with E-state index >= 15 is 0 Å². The number of methoxy groups -OCH3 is 1. The minimum absolute atomic E-state index is 0.306. The smallest absolute Gasteiger partial charge is 0.146 e. The van der Waals surface area contributed by atoms with E-state index in [1.807, 2.05) is 14.0 Å². The van der Waals surface area contributed by atoms with Crippen molar-refractivity contribution in [3.05, 3.63) is 39.9 Å². The molecule has 1 aromatic heterocycles. The Kier molecular flexibility index (Phi) is 4.65. The highest BCUT2D eigenvalue weighted by Gasteiger charge is 2.13. The minimum Gasteiger partial charge on any atom is -0.497 e. The van der Waals surface area contributed by atoms with Crippen molar-refractivity contribution in [1.82, 2.24) is 9.78 Å². The first-order valence-electron chi connectivity index (χ1n) is 6.34. The van der Waals surface area contributed by atoms with E-state index in [9.17, 15) is 4.39 Å². The molecule has 1 heterocycles. The summed E-state index contributed by atoms with van der Waals surface area (Å²) in [7, 11) is 3.44. The van der Waals surface area contributed by atoms with Gasteiger partial charge in [-0.2, -0.15) is 5.10 Å². The second-order valence-corrected chi connectivity index (χ2v) is 5.18. The monoisotopic (exact) mass is 341 g/mol. The molecule has 0 atom stereocenters. The first-order chi connectivity index (χ1) is 9.56. The van der Waals surface area contributed by atoms with Crippen LogP contribution in [0.5, 0.6) is 5.75 Å². The maximum absolute atomic E-state index is 13.7. The zero-order valence-corrected chi connectivity index (χ0v) is 13.3. The average Bonchev–Trinajstić information content (AvgIpc) is 2.73. The van der Waals surface area contributed by atoms with E-state index in [0.29, 0.717) is 18.0 Å². The van der Waals surface area contributed by atoms with Crippen LogP contribution < -0.4 is 10.1 Å². The number of benzene rings is 1. The van der Waals surface area contributed by atoms with Crippen LogP contribution in [0.2, 0.25) is 0 Å². The second-order valence-electron chi connectivity index (χ2n) is 4.38. The fraction of sp³-hybridized carbons (Fsp3) is 0.357.